The van der Waals surface area contributed by atoms with Crippen molar-refractivity contribution in [3.63, 3.8) is 0 Å². The molecule has 0 amide bonds. The van der Waals surface area contributed by atoms with Crippen LogP contribution in [0.1, 0.15) is 45.0 Å². The largest absolute Gasteiger partial charge is 0.494 e. The number of carbonyl (C=O) groups is 1. The summed E-state index contributed by atoms with van der Waals surface area (Å²) in [7, 11) is -0.359. The van der Waals surface area contributed by atoms with Crippen LogP contribution in [0.5, 0.6) is 0 Å². The van der Waals surface area contributed by atoms with E-state index >= 15 is 0 Å². The van der Waals surface area contributed by atoms with Crippen molar-refractivity contribution >= 4 is 29.1 Å². The Kier molecular flexibility index (Phi) is 3.42. The lowest BCUT2D eigenvalue weighted by Crippen LogP contribution is -2.41. The Morgan fingerprint density at radius 2 is 1.45 bits per heavy atom. The maximum Gasteiger partial charge on any atom is 0.494 e. The zero-order valence-corrected chi connectivity index (χ0v) is 13.8. The quantitative estimate of drug-likeness (QED) is 0.630. The van der Waals surface area contributed by atoms with Crippen molar-refractivity contribution in [2.24, 2.45) is 0 Å². The molecule has 0 radical (unpaired) electrons. The molecule has 1 fully saturated rings. The van der Waals surface area contributed by atoms with Crippen LogP contribution < -0.4 is 5.46 Å². The molecule has 0 aromatic heterocycles. The SMILES string of the molecule is CC(=O)c1ccc2cc(B3OC(C)(C)C(C)(C)O3)ccc2c1. The molecule has 4 heteroatoms. The van der Waals surface area contributed by atoms with E-state index < -0.39 is 0 Å². The van der Waals surface area contributed by atoms with Gasteiger partial charge in [-0.3, -0.25) is 4.79 Å². The van der Waals surface area contributed by atoms with E-state index in [9.17, 15) is 4.79 Å². The minimum absolute atomic E-state index is 0.0805. The smallest absolute Gasteiger partial charge is 0.399 e. The van der Waals surface area contributed by atoms with Crippen LogP contribution in [0.4, 0.5) is 0 Å². The third-order valence-electron chi connectivity index (χ3n) is 4.80. The number of Topliss-reactive ketones (excluding diaryl/α,β-unsaturated/α-hetero) is 1. The highest BCUT2D eigenvalue weighted by Crippen LogP contribution is 2.36. The Balaban J connectivity index is 1.97. The van der Waals surface area contributed by atoms with Crippen molar-refractivity contribution in [1.82, 2.24) is 0 Å². The molecule has 3 rings (SSSR count). The van der Waals surface area contributed by atoms with Gasteiger partial charge in [0.2, 0.25) is 0 Å². The molecule has 0 atom stereocenters. The second-order valence-electron chi connectivity index (χ2n) is 6.97. The average Bonchev–Trinajstić information content (AvgIpc) is 2.66. The summed E-state index contributed by atoms with van der Waals surface area (Å²) < 4.78 is 12.2. The van der Waals surface area contributed by atoms with Gasteiger partial charge < -0.3 is 9.31 Å². The molecule has 3 nitrogen and oxygen atoms in total. The summed E-state index contributed by atoms with van der Waals surface area (Å²) in [6, 6.07) is 11.9. The van der Waals surface area contributed by atoms with Crippen LogP contribution in [-0.4, -0.2) is 24.1 Å². The molecular formula is C18H21BO3. The van der Waals surface area contributed by atoms with Gasteiger partial charge in [0.15, 0.2) is 5.78 Å². The van der Waals surface area contributed by atoms with Crippen molar-refractivity contribution in [2.75, 3.05) is 0 Å². The molecule has 0 unspecified atom stereocenters. The third-order valence-corrected chi connectivity index (χ3v) is 4.80. The van der Waals surface area contributed by atoms with Gasteiger partial charge >= 0.3 is 7.12 Å². The van der Waals surface area contributed by atoms with E-state index in [2.05, 4.69) is 6.07 Å². The Bertz CT molecular complexity index is 733. The third kappa shape index (κ3) is 2.47. The summed E-state index contributed by atoms with van der Waals surface area (Å²) in [4.78, 5) is 11.5. The zero-order chi connectivity index (χ0) is 16.1. The highest BCUT2D eigenvalue weighted by molar-refractivity contribution is 6.62. The molecule has 1 aliphatic heterocycles. The van der Waals surface area contributed by atoms with Crippen LogP contribution in [-0.2, 0) is 9.31 Å². The fourth-order valence-corrected chi connectivity index (χ4v) is 2.61. The maximum absolute atomic E-state index is 11.5. The van der Waals surface area contributed by atoms with Gasteiger partial charge in [-0.1, -0.05) is 30.3 Å². The van der Waals surface area contributed by atoms with E-state index in [1.807, 2.05) is 58.0 Å². The Labute approximate surface area is 131 Å². The molecule has 1 aliphatic rings. The minimum Gasteiger partial charge on any atom is -0.399 e. The first-order chi connectivity index (χ1) is 10.2. The first kappa shape index (κ1) is 15.3. The number of ketones is 1. The molecule has 1 heterocycles. The number of benzene rings is 2. The van der Waals surface area contributed by atoms with Crippen LogP contribution in [0.15, 0.2) is 36.4 Å². The lowest BCUT2D eigenvalue weighted by molar-refractivity contribution is 0.00578. The summed E-state index contributed by atoms with van der Waals surface area (Å²) in [6.07, 6.45) is 0. The molecule has 0 spiro atoms. The molecule has 22 heavy (non-hydrogen) atoms. The fraction of sp³-hybridized carbons (Fsp3) is 0.389. The number of hydrogen-bond donors (Lipinski definition) is 0. The van der Waals surface area contributed by atoms with Crippen molar-refractivity contribution in [3.05, 3.63) is 42.0 Å². The Hall–Kier alpha value is -1.65. The molecule has 0 saturated carbocycles. The van der Waals surface area contributed by atoms with E-state index in [1.54, 1.807) is 6.92 Å². The van der Waals surface area contributed by atoms with Gasteiger partial charge in [0.05, 0.1) is 11.2 Å². The topological polar surface area (TPSA) is 35.5 Å². The van der Waals surface area contributed by atoms with E-state index in [0.717, 1.165) is 21.8 Å². The van der Waals surface area contributed by atoms with E-state index in [4.69, 9.17) is 9.31 Å². The molecule has 1 saturated heterocycles. The number of fused-ring (bicyclic) bond motifs is 1. The lowest BCUT2D eigenvalue weighted by Gasteiger charge is -2.32. The lowest BCUT2D eigenvalue weighted by atomic mass is 9.78. The van der Waals surface area contributed by atoms with Crippen molar-refractivity contribution < 1.29 is 14.1 Å². The van der Waals surface area contributed by atoms with Crippen LogP contribution in [0.25, 0.3) is 10.8 Å². The summed E-state index contributed by atoms with van der Waals surface area (Å²) in [5, 5.41) is 2.13. The molecule has 0 bridgehead atoms. The normalized spacial score (nSPS) is 19.6. The van der Waals surface area contributed by atoms with Gasteiger partial charge in [0.1, 0.15) is 0 Å². The fourth-order valence-electron chi connectivity index (χ4n) is 2.61. The second-order valence-corrected chi connectivity index (χ2v) is 6.97. The van der Waals surface area contributed by atoms with Crippen LogP contribution in [0.3, 0.4) is 0 Å². The minimum atomic E-state index is -0.359. The highest BCUT2D eigenvalue weighted by atomic mass is 16.7. The van der Waals surface area contributed by atoms with Gasteiger partial charge in [0.25, 0.3) is 0 Å². The number of carbonyl (C=O) groups excluding carboxylic acids is 1. The van der Waals surface area contributed by atoms with Gasteiger partial charge in [-0.25, -0.2) is 0 Å². The second kappa shape index (κ2) is 4.93. The van der Waals surface area contributed by atoms with E-state index in [1.165, 1.54) is 0 Å². The van der Waals surface area contributed by atoms with Crippen LogP contribution in [0, 0.1) is 0 Å². The first-order valence-corrected chi connectivity index (χ1v) is 7.60. The average molecular weight is 296 g/mol. The standard InChI is InChI=1S/C18H21BO3/c1-12(20)13-6-7-15-11-16(9-8-14(15)10-13)19-21-17(2,3)18(4,5)22-19/h6-11H,1-5H3. The van der Waals surface area contributed by atoms with Gasteiger partial charge in [0, 0.05) is 5.56 Å². The van der Waals surface area contributed by atoms with E-state index in [0.29, 0.717) is 0 Å². The molecule has 114 valence electrons. The number of hydrogen-bond acceptors (Lipinski definition) is 3. The predicted molar refractivity (Wildman–Crippen MR) is 89.7 cm³/mol. The molecular weight excluding hydrogens is 275 g/mol. The van der Waals surface area contributed by atoms with Gasteiger partial charge in [-0.2, -0.15) is 0 Å². The van der Waals surface area contributed by atoms with Crippen molar-refractivity contribution in [2.45, 2.75) is 45.8 Å². The first-order valence-electron chi connectivity index (χ1n) is 7.60. The number of rotatable bonds is 2. The molecule has 0 aliphatic carbocycles. The van der Waals surface area contributed by atoms with Crippen LogP contribution >= 0.6 is 0 Å². The molecule has 2 aromatic rings. The summed E-state index contributed by atoms with van der Waals surface area (Å²) >= 11 is 0. The summed E-state index contributed by atoms with van der Waals surface area (Å²) in [5.41, 5.74) is 1.05. The Morgan fingerprint density at radius 1 is 0.909 bits per heavy atom. The van der Waals surface area contributed by atoms with Crippen molar-refractivity contribution in [1.29, 1.82) is 0 Å². The molecule has 2 aromatic carbocycles. The summed E-state index contributed by atoms with van der Waals surface area (Å²) in [6.45, 7) is 9.78. The highest BCUT2D eigenvalue weighted by Gasteiger charge is 2.51. The van der Waals surface area contributed by atoms with Crippen molar-refractivity contribution in [3.8, 4) is 0 Å². The van der Waals surface area contributed by atoms with E-state index in [-0.39, 0.29) is 24.1 Å². The predicted octanol–water partition coefficient (Wildman–Crippen LogP) is 3.34. The van der Waals surface area contributed by atoms with Crippen LogP contribution in [0.2, 0.25) is 0 Å². The molecule has 0 N–H and O–H groups in total. The monoisotopic (exact) mass is 296 g/mol. The maximum atomic E-state index is 11.5. The zero-order valence-electron chi connectivity index (χ0n) is 13.8. The van der Waals surface area contributed by atoms with Gasteiger partial charge in [-0.05, 0) is 56.9 Å². The van der Waals surface area contributed by atoms with Gasteiger partial charge in [-0.15, -0.1) is 0 Å². The Morgan fingerprint density at radius 3 is 2.05 bits per heavy atom. The summed E-state index contributed by atoms with van der Waals surface area (Å²) in [5.74, 6) is 0.0805.